The molecule has 63 heavy (non-hydrogen) atoms. The minimum atomic E-state index is -0.593. The first-order valence-corrected chi connectivity index (χ1v) is 20.6. The number of hydrogen-bond acceptors (Lipinski definition) is 12. The monoisotopic (exact) mass is 878 g/mol. The fourth-order valence-electron chi connectivity index (χ4n) is 6.54. The van der Waals surface area contributed by atoms with Crippen molar-refractivity contribution in [3.8, 4) is 17.1 Å². The SMILES string of the molecule is CCN/C(=C\C(N)=S)C(C)=O.Cc1cc(-c2ccc3c4cc(C(N)=O)cnc4n(C/C=C/Cn4c(C)nc5cc(C(N)=O)cc(OCCCN(C)C(=O)OC(C)(C)C)c54)c3n2)n[nH]1. The number of pyridine rings is 2. The zero-order valence-corrected chi connectivity index (χ0v) is 37.6. The van der Waals surface area contributed by atoms with Gasteiger partial charge in [0.1, 0.15) is 39.7 Å². The summed E-state index contributed by atoms with van der Waals surface area (Å²) in [4.78, 5) is 63.4. The highest BCUT2D eigenvalue weighted by Gasteiger charge is 2.21. The van der Waals surface area contributed by atoms with E-state index in [9.17, 15) is 19.2 Å². The Kier molecular flexibility index (Phi) is 15.0. The van der Waals surface area contributed by atoms with E-state index in [0.29, 0.717) is 89.1 Å². The summed E-state index contributed by atoms with van der Waals surface area (Å²) in [5.41, 5.74) is 21.9. The van der Waals surface area contributed by atoms with E-state index in [2.05, 4.69) is 32.7 Å². The summed E-state index contributed by atoms with van der Waals surface area (Å²) >= 11 is 4.61. The topological polar surface area (TPSA) is 257 Å². The number of nitrogens with two attached hydrogens (primary N) is 3. The average Bonchev–Trinajstić information content (AvgIpc) is 3.89. The van der Waals surface area contributed by atoms with Crippen LogP contribution in [0.1, 0.15) is 73.3 Å². The molecule has 0 aliphatic rings. The van der Waals surface area contributed by atoms with Gasteiger partial charge in [0.2, 0.25) is 11.8 Å². The summed E-state index contributed by atoms with van der Waals surface area (Å²) in [5, 5.41) is 11.8. The first-order chi connectivity index (χ1) is 29.8. The highest BCUT2D eigenvalue weighted by molar-refractivity contribution is 7.80. The third kappa shape index (κ3) is 11.8. The van der Waals surface area contributed by atoms with Gasteiger partial charge in [-0.15, -0.1) is 0 Å². The van der Waals surface area contributed by atoms with Crippen molar-refractivity contribution in [2.75, 3.05) is 26.7 Å². The number of ketones is 1. The van der Waals surface area contributed by atoms with E-state index >= 15 is 0 Å². The molecule has 0 saturated carbocycles. The Morgan fingerprint density at radius 2 is 1.62 bits per heavy atom. The highest BCUT2D eigenvalue weighted by Crippen LogP contribution is 2.31. The molecule has 19 heteroatoms. The van der Waals surface area contributed by atoms with Crippen LogP contribution in [0.4, 0.5) is 4.79 Å². The average molecular weight is 879 g/mol. The van der Waals surface area contributed by atoms with Gasteiger partial charge in [0.15, 0.2) is 5.78 Å². The first-order valence-electron chi connectivity index (χ1n) is 20.2. The number of allylic oxidation sites excluding steroid dienone is 3. The number of thiocarbonyl (C=S) groups is 1. The van der Waals surface area contributed by atoms with E-state index < -0.39 is 23.5 Å². The third-order valence-electron chi connectivity index (χ3n) is 9.45. The Labute approximate surface area is 369 Å². The molecule has 0 saturated heterocycles. The predicted molar refractivity (Wildman–Crippen MR) is 246 cm³/mol. The predicted octanol–water partition coefficient (Wildman–Crippen LogP) is 5.39. The van der Waals surface area contributed by atoms with Crippen LogP contribution in [-0.4, -0.2) is 100 Å². The number of nitrogens with one attached hydrogen (secondary N) is 2. The summed E-state index contributed by atoms with van der Waals surface area (Å²) in [5.74, 6) is -0.0319. The van der Waals surface area contributed by atoms with E-state index in [1.165, 1.54) is 24.1 Å². The van der Waals surface area contributed by atoms with E-state index in [4.69, 9.17) is 36.6 Å². The number of aromatic nitrogens is 7. The van der Waals surface area contributed by atoms with Crippen LogP contribution < -0.4 is 27.3 Å². The molecule has 6 rings (SSSR count). The molecule has 0 bridgehead atoms. The fourth-order valence-corrected chi connectivity index (χ4v) is 6.66. The zero-order chi connectivity index (χ0) is 46.2. The molecule has 332 valence electrons. The summed E-state index contributed by atoms with van der Waals surface area (Å²) < 4.78 is 15.6. The molecule has 6 aromatic rings. The number of H-pyrrole nitrogens is 1. The third-order valence-corrected chi connectivity index (χ3v) is 9.57. The number of likely N-dealkylation sites (N-methyl/N-ethyl adjacent to an activating group) is 1. The van der Waals surface area contributed by atoms with Crippen molar-refractivity contribution < 1.29 is 28.7 Å². The normalized spacial score (nSPS) is 11.8. The molecular formula is C44H54N12O6S. The first kappa shape index (κ1) is 46.9. The quantitative estimate of drug-likeness (QED) is 0.0354. The lowest BCUT2D eigenvalue weighted by atomic mass is 10.1. The lowest BCUT2D eigenvalue weighted by Gasteiger charge is -2.24. The van der Waals surface area contributed by atoms with Gasteiger partial charge in [0.05, 0.1) is 34.1 Å². The number of hydrogen-bond donors (Lipinski definition) is 5. The number of rotatable bonds is 16. The molecule has 0 fully saturated rings. The van der Waals surface area contributed by atoms with Gasteiger partial charge < -0.3 is 46.0 Å². The molecule has 0 spiro atoms. The lowest BCUT2D eigenvalue weighted by molar-refractivity contribution is -0.113. The number of imidazole rings is 1. The van der Waals surface area contributed by atoms with Crippen LogP contribution in [0, 0.1) is 13.8 Å². The Hall–Kier alpha value is -7.15. The molecule has 0 aliphatic carbocycles. The van der Waals surface area contributed by atoms with Gasteiger partial charge in [-0.05, 0) is 90.4 Å². The number of aromatic amines is 1. The second-order valence-electron chi connectivity index (χ2n) is 15.7. The van der Waals surface area contributed by atoms with Crippen LogP contribution in [0.2, 0.25) is 0 Å². The van der Waals surface area contributed by atoms with Crippen molar-refractivity contribution in [1.82, 2.24) is 44.5 Å². The number of ether oxygens (including phenoxy) is 2. The van der Waals surface area contributed by atoms with Crippen molar-refractivity contribution >= 4 is 74.0 Å². The van der Waals surface area contributed by atoms with E-state index in [0.717, 1.165) is 16.5 Å². The number of amides is 3. The van der Waals surface area contributed by atoms with Crippen LogP contribution in [0.5, 0.6) is 5.75 Å². The van der Waals surface area contributed by atoms with E-state index in [-0.39, 0.29) is 22.9 Å². The summed E-state index contributed by atoms with van der Waals surface area (Å²) in [7, 11) is 1.67. The van der Waals surface area contributed by atoms with Crippen LogP contribution in [0.25, 0.3) is 44.5 Å². The van der Waals surface area contributed by atoms with Gasteiger partial charge in [-0.3, -0.25) is 19.5 Å². The number of Topliss-reactive ketones (excluding diaryl/α,β-unsaturated/α-hetero) is 1. The molecule has 0 aliphatic heterocycles. The molecule has 3 amide bonds. The van der Waals surface area contributed by atoms with Crippen molar-refractivity contribution in [1.29, 1.82) is 0 Å². The molecule has 18 nitrogen and oxygen atoms in total. The summed E-state index contributed by atoms with van der Waals surface area (Å²) in [6.07, 6.45) is 7.05. The van der Waals surface area contributed by atoms with Crippen molar-refractivity contribution in [2.45, 2.75) is 73.6 Å². The Morgan fingerprint density at radius 1 is 0.921 bits per heavy atom. The summed E-state index contributed by atoms with van der Waals surface area (Å²) in [6, 6.07) is 10.8. The maximum atomic E-state index is 12.4. The van der Waals surface area contributed by atoms with Crippen LogP contribution in [0.15, 0.2) is 66.5 Å². The van der Waals surface area contributed by atoms with Gasteiger partial charge in [-0.1, -0.05) is 24.4 Å². The molecule has 0 radical (unpaired) electrons. The molecule has 5 aromatic heterocycles. The van der Waals surface area contributed by atoms with Gasteiger partial charge in [-0.2, -0.15) is 5.10 Å². The van der Waals surface area contributed by atoms with Crippen LogP contribution >= 0.6 is 12.2 Å². The number of carbonyl (C=O) groups is 4. The van der Waals surface area contributed by atoms with Crippen LogP contribution in [0.3, 0.4) is 0 Å². The maximum absolute atomic E-state index is 12.4. The number of primary amides is 2. The second-order valence-corrected chi connectivity index (χ2v) is 16.1. The number of fused-ring (bicyclic) bond motifs is 4. The van der Waals surface area contributed by atoms with Crippen molar-refractivity contribution in [3.05, 3.63) is 89.2 Å². The largest absolute Gasteiger partial charge is 0.491 e. The minimum Gasteiger partial charge on any atom is -0.491 e. The van der Waals surface area contributed by atoms with Gasteiger partial charge >= 0.3 is 6.09 Å². The van der Waals surface area contributed by atoms with Gasteiger partial charge in [-0.25, -0.2) is 19.7 Å². The molecular weight excluding hydrogens is 825 g/mol. The molecule has 1 aromatic carbocycles. The number of carbonyl (C=O) groups excluding carboxylic acids is 4. The highest BCUT2D eigenvalue weighted by atomic mass is 32.1. The Balaban J connectivity index is 0.000000600. The Bertz CT molecular complexity index is 2760. The molecule has 0 atom stereocenters. The number of benzene rings is 1. The molecule has 0 unspecified atom stereocenters. The van der Waals surface area contributed by atoms with Crippen molar-refractivity contribution in [3.63, 3.8) is 0 Å². The minimum absolute atomic E-state index is 0.0559. The summed E-state index contributed by atoms with van der Waals surface area (Å²) in [6.45, 7) is 14.9. The second kappa shape index (κ2) is 20.1. The number of nitrogens with zero attached hydrogens (tertiary/aromatic N) is 7. The smallest absolute Gasteiger partial charge is 0.410 e. The van der Waals surface area contributed by atoms with Crippen LogP contribution in [-0.2, 0) is 22.6 Å². The molecule has 8 N–H and O–H groups in total. The number of aryl methyl sites for hydroxylation is 2. The molecule has 5 heterocycles. The van der Waals surface area contributed by atoms with E-state index in [1.54, 1.807) is 25.2 Å². The maximum Gasteiger partial charge on any atom is 0.410 e. The standard InChI is InChI=1S/C37H42N10O5.C7H12N2OS/c1-21-16-28(44-43-21)27-11-10-25-26-17-24(33(39)49)20-40-34(26)47(35(25)42-27)14-8-7-13-46-22(2)41-29-18-23(32(38)48)19-30(31(29)46)51-15-9-12-45(6)36(50)52-37(3,4)5;1-3-9-6(5(2)10)4-7(8)11/h7-8,10-11,16-20H,9,12-15H2,1-6H3,(H2,38,48)(H2,39,49)(H,43,44);4,9H,3H2,1-2H3,(H2,8,11)/b8-7+;6-4-. The van der Waals surface area contributed by atoms with Gasteiger partial charge in [0.25, 0.3) is 0 Å². The lowest BCUT2D eigenvalue weighted by Crippen LogP contribution is -2.35. The fraction of sp³-hybridized carbons (Fsp3) is 0.341. The zero-order valence-electron chi connectivity index (χ0n) is 36.7. The Morgan fingerprint density at radius 3 is 2.22 bits per heavy atom. The van der Waals surface area contributed by atoms with E-state index in [1.807, 2.05) is 81.0 Å². The van der Waals surface area contributed by atoms with Gasteiger partial charge in [0, 0.05) is 68.4 Å². The van der Waals surface area contributed by atoms with Crippen molar-refractivity contribution in [2.24, 2.45) is 17.2 Å².